The van der Waals surface area contributed by atoms with Gasteiger partial charge < -0.3 is 24.4 Å². The molecule has 0 aromatic heterocycles. The minimum Gasteiger partial charge on any atom is -0.466 e. The smallest absolute Gasteiger partial charge is 0.307 e. The average Bonchev–Trinajstić information content (AvgIpc) is 3.37. The molecule has 71 heavy (non-hydrogen) atoms. The van der Waals surface area contributed by atoms with Gasteiger partial charge in [0, 0.05) is 55.7 Å². The molecule has 8 nitrogen and oxygen atoms in total. The Morgan fingerprint density at radius 3 is 1.17 bits per heavy atom. The number of carbonyl (C=O) groups excluding carboxylic acids is 3. The van der Waals surface area contributed by atoms with Gasteiger partial charge in [-0.05, 0) is 55.0 Å². The van der Waals surface area contributed by atoms with Gasteiger partial charge in [0.25, 0.3) is 0 Å². The molecule has 0 aromatic rings. The number of hydrogen-bond donors (Lipinski definition) is 2. The lowest BCUT2D eigenvalue weighted by Crippen LogP contribution is -2.32. The number of unbranched alkanes of at least 4 members (excludes halogenated alkanes) is 27. The lowest BCUT2D eigenvalue weighted by atomic mass is 10.1. The van der Waals surface area contributed by atoms with Gasteiger partial charge in [0.1, 0.15) is 13.2 Å². The fourth-order valence-corrected chi connectivity index (χ4v) is 14.4. The van der Waals surface area contributed by atoms with Crippen LogP contribution < -0.4 is 5.32 Å². The third-order valence-corrected chi connectivity index (χ3v) is 20.8. The van der Waals surface area contributed by atoms with Crippen molar-refractivity contribution in [2.45, 2.75) is 239 Å². The summed E-state index contributed by atoms with van der Waals surface area (Å²) in [6.45, 7) is 11.7. The Kier molecular flexibility index (Phi) is 61.7. The van der Waals surface area contributed by atoms with Crippen molar-refractivity contribution in [2.75, 3.05) is 105 Å². The Morgan fingerprint density at radius 2 is 0.732 bits per heavy atom. The largest absolute Gasteiger partial charge is 0.466 e. The zero-order chi connectivity index (χ0) is 51.6. The summed E-state index contributed by atoms with van der Waals surface area (Å²) < 4.78 is 16.7. The van der Waals surface area contributed by atoms with Gasteiger partial charge >= 0.3 is 17.9 Å². The Morgan fingerprint density at radius 1 is 0.380 bits per heavy atom. The van der Waals surface area contributed by atoms with Crippen LogP contribution in [0, 0.1) is 0 Å². The number of esters is 3. The lowest BCUT2D eigenvalue weighted by molar-refractivity contribution is -0.144. The molecule has 0 rings (SSSR count). The van der Waals surface area contributed by atoms with Gasteiger partial charge in [0.05, 0.1) is 25.9 Å². The van der Waals surface area contributed by atoms with Crippen molar-refractivity contribution in [1.29, 1.82) is 0 Å². The van der Waals surface area contributed by atoms with Crippen LogP contribution >= 0.6 is 65.8 Å². The van der Waals surface area contributed by atoms with Crippen LogP contribution in [0.2, 0.25) is 0 Å². The molecule has 0 spiro atoms. The van der Waals surface area contributed by atoms with E-state index in [2.05, 4.69) is 37.2 Å². The molecule has 0 heterocycles. The van der Waals surface area contributed by atoms with E-state index < -0.39 is 0 Å². The van der Waals surface area contributed by atoms with E-state index in [0.29, 0.717) is 58.7 Å². The van der Waals surface area contributed by atoms with Crippen LogP contribution in [-0.2, 0) is 28.6 Å². The van der Waals surface area contributed by atoms with E-state index in [9.17, 15) is 14.4 Å². The third-order valence-electron chi connectivity index (χ3n) is 12.8. The number of nitrogens with zero attached hydrogens (tertiary/aromatic N) is 1. The first-order valence-electron chi connectivity index (χ1n) is 29.6. The molecule has 1 N–H and O–H groups in total. The van der Waals surface area contributed by atoms with E-state index in [1.807, 2.05) is 54.9 Å². The van der Waals surface area contributed by atoms with Crippen molar-refractivity contribution >= 4 is 83.7 Å². The van der Waals surface area contributed by atoms with Crippen LogP contribution in [0.4, 0.5) is 0 Å². The second kappa shape index (κ2) is 61.3. The summed E-state index contributed by atoms with van der Waals surface area (Å²) >= 11 is 1.99. The highest BCUT2D eigenvalue weighted by Crippen LogP contribution is 2.25. The highest BCUT2D eigenvalue weighted by molar-refractivity contribution is 8.77. The van der Waals surface area contributed by atoms with Crippen molar-refractivity contribution in [2.24, 2.45) is 0 Å². The van der Waals surface area contributed by atoms with Gasteiger partial charge in [-0.3, -0.25) is 25.3 Å². The molecule has 424 valence electrons. The number of hydrogen-bond acceptors (Lipinski definition) is 13. The fraction of sp³-hybridized carbons (Fsp3) is 0.947. The topological polar surface area (TPSA) is 94.2 Å². The first-order valence-corrected chi connectivity index (χ1v) is 37.9. The molecule has 14 heteroatoms. The van der Waals surface area contributed by atoms with E-state index >= 15 is 0 Å². The Balaban J connectivity index is 4.32. The number of rotatable bonds is 60. The summed E-state index contributed by atoms with van der Waals surface area (Å²) in [5, 5.41) is 3.45. The van der Waals surface area contributed by atoms with Gasteiger partial charge in [-0.25, -0.2) is 0 Å². The molecule has 0 bridgehead atoms. The van der Waals surface area contributed by atoms with E-state index in [1.54, 1.807) is 0 Å². The summed E-state index contributed by atoms with van der Waals surface area (Å²) in [7, 11) is 7.18. The summed E-state index contributed by atoms with van der Waals surface area (Å²) in [4.78, 5) is 40.1. The predicted octanol–water partition coefficient (Wildman–Crippen LogP) is 17.0. The van der Waals surface area contributed by atoms with Crippen molar-refractivity contribution in [1.82, 2.24) is 10.2 Å². The highest BCUT2D eigenvalue weighted by Gasteiger charge is 2.14. The molecule has 0 fully saturated rings. The summed E-state index contributed by atoms with van der Waals surface area (Å²) in [6, 6.07) is 0. The third kappa shape index (κ3) is 59.5. The molecule has 0 aliphatic heterocycles. The molecular formula is C57H114N2O6S6. The number of ether oxygens (including phenoxy) is 3. The predicted molar refractivity (Wildman–Crippen MR) is 328 cm³/mol. The number of nitrogens with one attached hydrogen (secondary N) is 1. The van der Waals surface area contributed by atoms with Crippen LogP contribution in [0.1, 0.15) is 239 Å². The maximum atomic E-state index is 12.8. The van der Waals surface area contributed by atoms with E-state index in [0.717, 1.165) is 59.8 Å². The fourth-order valence-electron chi connectivity index (χ4n) is 8.11. The van der Waals surface area contributed by atoms with Crippen molar-refractivity contribution < 1.29 is 28.6 Å². The van der Waals surface area contributed by atoms with Crippen molar-refractivity contribution in [3.63, 3.8) is 0 Å². The second-order valence-electron chi connectivity index (χ2n) is 19.6. The van der Waals surface area contributed by atoms with Crippen LogP contribution in [0.25, 0.3) is 0 Å². The standard InChI is InChI=1S/C57H114N2O6S6/c1-5-8-11-14-17-20-23-26-29-32-47-66-48-35-44-63-55(60)36-39-58-40-53-71(4)54-43-59(41-37-56(61)64-45-51-69-67-49-33-30-27-24-21-18-15-12-9-6-2)42-38-57(62)65-46-52-70-68-50-34-31-28-25-22-19-16-13-10-7-3/h58,71H,5-54H2,1-4H3. The average molecular weight is 1120 g/mol. The van der Waals surface area contributed by atoms with Gasteiger partial charge in [0.2, 0.25) is 0 Å². The van der Waals surface area contributed by atoms with E-state index in [-0.39, 0.29) is 28.8 Å². The molecule has 0 aromatic carbocycles. The Bertz CT molecular complexity index is 1070. The van der Waals surface area contributed by atoms with Crippen LogP contribution in [0.15, 0.2) is 0 Å². The monoisotopic (exact) mass is 1110 g/mol. The normalized spacial score (nSPS) is 12.2. The molecule has 0 aliphatic carbocycles. The maximum absolute atomic E-state index is 12.8. The first-order chi connectivity index (χ1) is 34.9. The van der Waals surface area contributed by atoms with Crippen LogP contribution in [-0.4, -0.2) is 128 Å². The van der Waals surface area contributed by atoms with Crippen molar-refractivity contribution in [3.8, 4) is 0 Å². The van der Waals surface area contributed by atoms with Crippen molar-refractivity contribution in [3.05, 3.63) is 0 Å². The Labute approximate surface area is 463 Å². The minimum atomic E-state index is -0.239. The lowest BCUT2D eigenvalue weighted by Gasteiger charge is -2.25. The zero-order valence-electron chi connectivity index (χ0n) is 46.7. The minimum absolute atomic E-state index is 0.113. The molecule has 0 saturated carbocycles. The van der Waals surface area contributed by atoms with Crippen LogP contribution in [0.3, 0.4) is 0 Å². The second-order valence-corrected chi connectivity index (χ2v) is 28.8. The maximum Gasteiger partial charge on any atom is 0.307 e. The molecule has 1 unspecified atom stereocenters. The zero-order valence-corrected chi connectivity index (χ0v) is 51.7. The SMILES string of the molecule is CCCCCCCCCCCCSCCCOC(=O)CCNCC[SH](C)CCN(CCC(=O)OCCSSCCCCCCCCCCCC)CCC(=O)OCCSSCCCCCCCCCCCC. The summed E-state index contributed by atoms with van der Waals surface area (Å²) in [6.07, 6.45) is 45.2. The molecule has 0 amide bonds. The molecule has 1 atom stereocenters. The molecule has 0 saturated heterocycles. The number of thioether (sulfide) groups is 1. The van der Waals surface area contributed by atoms with E-state index in [1.165, 1.54) is 198 Å². The number of thiol groups is 1. The molecule has 0 aliphatic rings. The van der Waals surface area contributed by atoms with E-state index in [4.69, 9.17) is 14.2 Å². The Hall–Kier alpha value is 0.430. The highest BCUT2D eigenvalue weighted by atomic mass is 33.1. The van der Waals surface area contributed by atoms with Gasteiger partial charge in [-0.1, -0.05) is 237 Å². The van der Waals surface area contributed by atoms with Gasteiger partial charge in [-0.2, -0.15) is 11.8 Å². The van der Waals surface area contributed by atoms with Gasteiger partial charge in [-0.15, -0.1) is 0 Å². The molecular weight excluding hydrogens is 1000 g/mol. The number of carbonyl (C=O) groups is 3. The summed E-state index contributed by atoms with van der Waals surface area (Å²) in [5.74, 6) is 7.87. The molecule has 0 radical (unpaired) electrons. The van der Waals surface area contributed by atoms with Crippen LogP contribution in [0.5, 0.6) is 0 Å². The van der Waals surface area contributed by atoms with Gasteiger partial charge in [0.15, 0.2) is 0 Å². The summed E-state index contributed by atoms with van der Waals surface area (Å²) in [5.41, 5.74) is 0. The first kappa shape index (κ1) is 71.4. The quantitative estimate of drug-likeness (QED) is 0.0199.